The average Bonchev–Trinajstić information content (AvgIpc) is 3.42. The molecule has 1 fully saturated rings. The molecule has 1 aliphatic rings. The lowest BCUT2D eigenvalue weighted by Gasteiger charge is -2.19. The monoisotopic (exact) mass is 433 g/mol. The number of rotatable bonds is 8. The molecular formula is C24H23N3O3S. The van der Waals surface area contributed by atoms with Gasteiger partial charge in [0.1, 0.15) is 6.04 Å². The smallest absolute Gasteiger partial charge is 0.265 e. The number of carbonyl (C=O) groups excluding carboxylic acids is 3. The molecule has 0 radical (unpaired) electrons. The first-order valence-corrected chi connectivity index (χ1v) is 11.1. The maximum absolute atomic E-state index is 12.8. The molecule has 3 amide bonds. The molecule has 1 aliphatic carbocycles. The number of hydrogen-bond acceptors (Lipinski definition) is 4. The number of carbonyl (C=O) groups is 3. The third kappa shape index (κ3) is 5.79. The summed E-state index contributed by atoms with van der Waals surface area (Å²) < 4.78 is 0. The molecule has 7 heteroatoms. The summed E-state index contributed by atoms with van der Waals surface area (Å²) in [6.45, 7) is 0. The van der Waals surface area contributed by atoms with E-state index in [0.717, 1.165) is 18.4 Å². The van der Waals surface area contributed by atoms with Crippen LogP contribution in [0.5, 0.6) is 0 Å². The zero-order valence-electron chi connectivity index (χ0n) is 16.8. The van der Waals surface area contributed by atoms with Crippen LogP contribution in [-0.4, -0.2) is 29.8 Å². The zero-order chi connectivity index (χ0) is 21.6. The van der Waals surface area contributed by atoms with Crippen molar-refractivity contribution < 1.29 is 14.4 Å². The van der Waals surface area contributed by atoms with Crippen LogP contribution in [0.1, 0.15) is 38.4 Å². The molecule has 1 unspecified atom stereocenters. The summed E-state index contributed by atoms with van der Waals surface area (Å²) in [5.41, 5.74) is 2.00. The fourth-order valence-electron chi connectivity index (χ4n) is 3.14. The second-order valence-electron chi connectivity index (χ2n) is 7.51. The molecule has 0 aliphatic heterocycles. The Kier molecular flexibility index (Phi) is 6.43. The molecule has 2 aromatic carbocycles. The lowest BCUT2D eigenvalue weighted by Crippen LogP contribution is -2.48. The van der Waals surface area contributed by atoms with E-state index >= 15 is 0 Å². The predicted molar refractivity (Wildman–Crippen MR) is 121 cm³/mol. The molecule has 1 heterocycles. The van der Waals surface area contributed by atoms with Gasteiger partial charge in [0.25, 0.3) is 11.8 Å². The zero-order valence-corrected chi connectivity index (χ0v) is 17.7. The van der Waals surface area contributed by atoms with Crippen LogP contribution < -0.4 is 16.0 Å². The molecular weight excluding hydrogens is 410 g/mol. The Hall–Kier alpha value is -3.45. The molecule has 3 aromatic rings. The molecule has 0 bridgehead atoms. The predicted octanol–water partition coefficient (Wildman–Crippen LogP) is 3.62. The Bertz CT molecular complexity index is 1050. The largest absolute Gasteiger partial charge is 0.352 e. The summed E-state index contributed by atoms with van der Waals surface area (Å²) in [5, 5.41) is 10.5. The van der Waals surface area contributed by atoms with Gasteiger partial charge in [-0.25, -0.2) is 0 Å². The van der Waals surface area contributed by atoms with E-state index in [4.69, 9.17) is 0 Å². The number of anilines is 1. The van der Waals surface area contributed by atoms with Crippen molar-refractivity contribution in [3.05, 3.63) is 88.1 Å². The Balaban J connectivity index is 1.41. The average molecular weight is 434 g/mol. The second-order valence-corrected chi connectivity index (χ2v) is 8.46. The van der Waals surface area contributed by atoms with Gasteiger partial charge < -0.3 is 16.0 Å². The van der Waals surface area contributed by atoms with E-state index in [1.54, 1.807) is 30.3 Å². The summed E-state index contributed by atoms with van der Waals surface area (Å²) >= 11 is 1.36. The third-order valence-electron chi connectivity index (χ3n) is 4.98. The summed E-state index contributed by atoms with van der Waals surface area (Å²) in [4.78, 5) is 38.2. The van der Waals surface area contributed by atoms with Gasteiger partial charge in [0.05, 0.1) is 4.88 Å². The van der Waals surface area contributed by atoms with Crippen LogP contribution in [-0.2, 0) is 11.2 Å². The van der Waals surface area contributed by atoms with Crippen LogP contribution in [0.15, 0.2) is 72.1 Å². The number of benzene rings is 2. The van der Waals surface area contributed by atoms with Gasteiger partial charge >= 0.3 is 0 Å². The minimum atomic E-state index is -0.659. The molecule has 158 valence electrons. The van der Waals surface area contributed by atoms with Crippen molar-refractivity contribution in [1.29, 1.82) is 0 Å². The lowest BCUT2D eigenvalue weighted by atomic mass is 10.0. The van der Waals surface area contributed by atoms with E-state index in [2.05, 4.69) is 16.0 Å². The molecule has 0 saturated heterocycles. The van der Waals surface area contributed by atoms with Crippen LogP contribution in [0.3, 0.4) is 0 Å². The number of thiophene rings is 1. The van der Waals surface area contributed by atoms with Crippen molar-refractivity contribution in [2.45, 2.75) is 31.3 Å². The van der Waals surface area contributed by atoms with E-state index in [0.29, 0.717) is 22.5 Å². The lowest BCUT2D eigenvalue weighted by molar-refractivity contribution is -0.123. The van der Waals surface area contributed by atoms with E-state index in [-0.39, 0.29) is 23.8 Å². The van der Waals surface area contributed by atoms with Gasteiger partial charge in [-0.3, -0.25) is 14.4 Å². The van der Waals surface area contributed by atoms with Crippen LogP contribution >= 0.6 is 11.3 Å². The topological polar surface area (TPSA) is 87.3 Å². The van der Waals surface area contributed by atoms with Crippen molar-refractivity contribution >= 4 is 34.7 Å². The van der Waals surface area contributed by atoms with Crippen LogP contribution in [0.4, 0.5) is 5.69 Å². The van der Waals surface area contributed by atoms with Gasteiger partial charge in [-0.1, -0.05) is 36.4 Å². The highest BCUT2D eigenvalue weighted by Crippen LogP contribution is 2.19. The minimum Gasteiger partial charge on any atom is -0.352 e. The van der Waals surface area contributed by atoms with Gasteiger partial charge in [0.2, 0.25) is 5.91 Å². The summed E-state index contributed by atoms with van der Waals surface area (Å²) in [7, 11) is 0. The normalized spacial score (nSPS) is 13.8. The first-order chi connectivity index (χ1) is 15.1. The van der Waals surface area contributed by atoms with E-state index in [1.165, 1.54) is 11.3 Å². The minimum absolute atomic E-state index is 0.167. The summed E-state index contributed by atoms with van der Waals surface area (Å²) in [6.07, 6.45) is 2.38. The first kappa shape index (κ1) is 20.8. The molecule has 31 heavy (non-hydrogen) atoms. The van der Waals surface area contributed by atoms with Gasteiger partial charge in [-0.15, -0.1) is 11.3 Å². The number of nitrogens with one attached hydrogen (secondary N) is 3. The Morgan fingerprint density at radius 1 is 0.903 bits per heavy atom. The molecule has 4 rings (SSSR count). The molecule has 6 nitrogen and oxygen atoms in total. The highest BCUT2D eigenvalue weighted by Gasteiger charge is 2.28. The Labute approximate surface area is 184 Å². The van der Waals surface area contributed by atoms with Crippen molar-refractivity contribution in [3.63, 3.8) is 0 Å². The van der Waals surface area contributed by atoms with Crippen LogP contribution in [0.25, 0.3) is 0 Å². The summed E-state index contributed by atoms with van der Waals surface area (Å²) in [5.74, 6) is -0.686. The maximum atomic E-state index is 12.8. The molecule has 1 atom stereocenters. The van der Waals surface area contributed by atoms with Crippen LogP contribution in [0.2, 0.25) is 0 Å². The third-order valence-corrected chi connectivity index (χ3v) is 5.85. The second kappa shape index (κ2) is 9.57. The van der Waals surface area contributed by atoms with E-state index < -0.39 is 6.04 Å². The quantitative estimate of drug-likeness (QED) is 0.507. The van der Waals surface area contributed by atoms with Gasteiger partial charge in [0, 0.05) is 23.7 Å². The van der Waals surface area contributed by atoms with Gasteiger partial charge in [-0.05, 0) is 54.1 Å². The highest BCUT2D eigenvalue weighted by molar-refractivity contribution is 7.12. The van der Waals surface area contributed by atoms with Gasteiger partial charge in [0.15, 0.2) is 0 Å². The number of hydrogen-bond donors (Lipinski definition) is 3. The maximum Gasteiger partial charge on any atom is 0.265 e. The molecule has 1 aromatic heterocycles. The fraction of sp³-hybridized carbons (Fsp3) is 0.208. The number of amides is 3. The Morgan fingerprint density at radius 2 is 1.65 bits per heavy atom. The van der Waals surface area contributed by atoms with Crippen LogP contribution in [0, 0.1) is 0 Å². The molecule has 1 saturated carbocycles. The van der Waals surface area contributed by atoms with Crippen molar-refractivity contribution in [2.75, 3.05) is 5.32 Å². The Morgan fingerprint density at radius 3 is 2.29 bits per heavy atom. The fourth-order valence-corrected chi connectivity index (χ4v) is 3.75. The summed E-state index contributed by atoms with van der Waals surface area (Å²) in [6, 6.07) is 19.4. The molecule has 0 spiro atoms. The van der Waals surface area contributed by atoms with E-state index in [9.17, 15) is 14.4 Å². The van der Waals surface area contributed by atoms with Crippen molar-refractivity contribution in [1.82, 2.24) is 10.6 Å². The van der Waals surface area contributed by atoms with E-state index in [1.807, 2.05) is 41.8 Å². The SMILES string of the molecule is O=C(NC(Cc1ccccc1)C(=O)NC1CC1)c1ccc(NC(=O)c2cccs2)cc1. The first-order valence-electron chi connectivity index (χ1n) is 10.2. The van der Waals surface area contributed by atoms with Crippen molar-refractivity contribution in [3.8, 4) is 0 Å². The van der Waals surface area contributed by atoms with Crippen molar-refractivity contribution in [2.24, 2.45) is 0 Å². The van der Waals surface area contributed by atoms with Gasteiger partial charge in [-0.2, -0.15) is 0 Å². The molecule has 3 N–H and O–H groups in total. The highest BCUT2D eigenvalue weighted by atomic mass is 32.1. The standard InChI is InChI=1S/C24H23N3O3S/c28-22(17-8-10-18(11-9-17)26-24(30)21-7-4-14-31-21)27-20(23(29)25-19-12-13-19)15-16-5-2-1-3-6-16/h1-11,14,19-20H,12-13,15H2,(H,25,29)(H,26,30)(H,27,28).